The Bertz CT molecular complexity index is 432. The number of aliphatic hydroxyl groups excluding tert-OH is 2. The van der Waals surface area contributed by atoms with Crippen LogP contribution in [0.1, 0.15) is 71.6 Å². The lowest BCUT2D eigenvalue weighted by Crippen LogP contribution is -2.18. The first-order valence-corrected chi connectivity index (χ1v) is 9.72. The molecule has 0 spiro atoms. The molecule has 1 aliphatic rings. The molecule has 144 valence electrons. The average Bonchev–Trinajstić information content (AvgIpc) is 2.85. The number of ether oxygens (including phenoxy) is 1. The van der Waals surface area contributed by atoms with Crippen LogP contribution in [0.2, 0.25) is 0 Å². The zero-order valence-corrected chi connectivity index (χ0v) is 15.7. The van der Waals surface area contributed by atoms with E-state index in [1.165, 1.54) is 0 Å². The van der Waals surface area contributed by atoms with Crippen molar-refractivity contribution in [1.29, 1.82) is 0 Å². The molecule has 1 saturated carbocycles. The summed E-state index contributed by atoms with van der Waals surface area (Å²) >= 11 is 0. The lowest BCUT2D eigenvalue weighted by Gasteiger charge is -2.16. The Kier molecular flexibility index (Phi) is 10.7. The predicted octanol–water partition coefficient (Wildman–Crippen LogP) is 3.17. The van der Waals surface area contributed by atoms with Crippen molar-refractivity contribution in [3.63, 3.8) is 0 Å². The van der Waals surface area contributed by atoms with Crippen LogP contribution < -0.4 is 0 Å². The predicted molar refractivity (Wildman–Crippen MR) is 97.0 cm³/mol. The molecule has 0 aromatic rings. The largest absolute Gasteiger partial charge is 0.466 e. The number of unbranched alkanes of at least 4 members (excludes halogenated alkanes) is 4. The second-order valence-corrected chi connectivity index (χ2v) is 6.89. The quantitative estimate of drug-likeness (QED) is 0.319. The fourth-order valence-corrected chi connectivity index (χ4v) is 3.48. The molecule has 1 fully saturated rings. The van der Waals surface area contributed by atoms with Crippen molar-refractivity contribution >= 4 is 11.8 Å². The lowest BCUT2D eigenvalue weighted by atomic mass is 9.91. The Morgan fingerprint density at radius 2 is 1.92 bits per heavy atom. The molecule has 5 nitrogen and oxygen atoms in total. The van der Waals surface area contributed by atoms with Gasteiger partial charge < -0.3 is 14.9 Å². The van der Waals surface area contributed by atoms with E-state index in [2.05, 4.69) is 0 Å². The molecule has 4 atom stereocenters. The SMILES string of the molecule is CCOC(=O)CCCCCCC[C@@H](O)/C=C/[C@@H]1[C@@H](O)CC(=O)[C@@H]1CC. The second kappa shape index (κ2) is 12.2. The zero-order chi connectivity index (χ0) is 18.7. The minimum absolute atomic E-state index is 0.113. The summed E-state index contributed by atoms with van der Waals surface area (Å²) < 4.78 is 4.88. The Labute approximate surface area is 151 Å². The molecule has 25 heavy (non-hydrogen) atoms. The monoisotopic (exact) mass is 354 g/mol. The van der Waals surface area contributed by atoms with E-state index < -0.39 is 12.2 Å². The van der Waals surface area contributed by atoms with Gasteiger partial charge in [-0.1, -0.05) is 44.8 Å². The number of carbonyl (C=O) groups excluding carboxylic acids is 2. The standard InChI is InChI=1S/C20H34O5/c1-3-16-17(19(23)14-18(16)22)13-12-15(21)10-8-6-5-7-9-11-20(24)25-4-2/h12-13,15-17,19,21,23H,3-11,14H2,1-2H3/b13-12+/t15-,16-,17+,19+/m1/s1. The molecule has 1 aliphatic carbocycles. The molecule has 0 unspecified atom stereocenters. The Morgan fingerprint density at radius 1 is 1.24 bits per heavy atom. The molecule has 0 heterocycles. The summed E-state index contributed by atoms with van der Waals surface area (Å²) in [5, 5.41) is 20.0. The van der Waals surface area contributed by atoms with Gasteiger partial charge in [0.2, 0.25) is 0 Å². The molecule has 5 heteroatoms. The van der Waals surface area contributed by atoms with E-state index in [-0.39, 0.29) is 30.0 Å². The number of carbonyl (C=O) groups is 2. The smallest absolute Gasteiger partial charge is 0.305 e. The molecule has 0 aromatic heterocycles. The van der Waals surface area contributed by atoms with E-state index in [1.54, 1.807) is 6.08 Å². The average molecular weight is 354 g/mol. The van der Waals surface area contributed by atoms with Crippen LogP contribution >= 0.6 is 0 Å². The highest BCUT2D eigenvalue weighted by Gasteiger charge is 2.38. The topological polar surface area (TPSA) is 83.8 Å². The number of rotatable bonds is 12. The van der Waals surface area contributed by atoms with E-state index in [9.17, 15) is 19.8 Å². The van der Waals surface area contributed by atoms with E-state index in [0.29, 0.717) is 19.4 Å². The highest BCUT2D eigenvalue weighted by molar-refractivity contribution is 5.84. The Hall–Kier alpha value is -1.20. The van der Waals surface area contributed by atoms with Gasteiger partial charge in [0, 0.05) is 24.7 Å². The molecule has 0 bridgehead atoms. The number of esters is 1. The van der Waals surface area contributed by atoms with Gasteiger partial charge in [-0.3, -0.25) is 9.59 Å². The maximum atomic E-state index is 11.8. The van der Waals surface area contributed by atoms with Crippen molar-refractivity contribution in [2.75, 3.05) is 6.61 Å². The number of hydrogen-bond acceptors (Lipinski definition) is 5. The minimum atomic E-state index is -0.611. The summed E-state index contributed by atoms with van der Waals surface area (Å²) in [6, 6.07) is 0. The lowest BCUT2D eigenvalue weighted by molar-refractivity contribution is -0.143. The third-order valence-electron chi connectivity index (χ3n) is 4.91. The minimum Gasteiger partial charge on any atom is -0.466 e. The van der Waals surface area contributed by atoms with Crippen LogP contribution in [0.25, 0.3) is 0 Å². The van der Waals surface area contributed by atoms with Crippen LogP contribution in [-0.2, 0) is 14.3 Å². The maximum absolute atomic E-state index is 11.8. The first kappa shape index (κ1) is 21.8. The molecule has 0 saturated heterocycles. The zero-order valence-electron chi connectivity index (χ0n) is 15.7. The molecule has 0 aliphatic heterocycles. The highest BCUT2D eigenvalue weighted by Crippen LogP contribution is 2.32. The van der Waals surface area contributed by atoms with Gasteiger partial charge in [-0.05, 0) is 26.2 Å². The van der Waals surface area contributed by atoms with Crippen LogP contribution in [0.3, 0.4) is 0 Å². The second-order valence-electron chi connectivity index (χ2n) is 6.89. The van der Waals surface area contributed by atoms with Crippen LogP contribution in [-0.4, -0.2) is 40.8 Å². The summed E-state index contributed by atoms with van der Waals surface area (Å²) in [7, 11) is 0. The van der Waals surface area contributed by atoms with E-state index >= 15 is 0 Å². The van der Waals surface area contributed by atoms with Crippen molar-refractivity contribution in [3.8, 4) is 0 Å². The fraction of sp³-hybridized carbons (Fsp3) is 0.800. The summed E-state index contributed by atoms with van der Waals surface area (Å²) in [4.78, 5) is 22.9. The maximum Gasteiger partial charge on any atom is 0.305 e. The summed E-state index contributed by atoms with van der Waals surface area (Å²) in [5.41, 5.74) is 0. The Balaban J connectivity index is 2.13. The van der Waals surface area contributed by atoms with Crippen LogP contribution in [0, 0.1) is 11.8 Å². The molecule has 1 rings (SSSR count). The van der Waals surface area contributed by atoms with Gasteiger partial charge in [0.05, 0.1) is 18.8 Å². The first-order valence-electron chi connectivity index (χ1n) is 9.72. The summed E-state index contributed by atoms with van der Waals surface area (Å²) in [6.07, 6.45) is 9.40. The summed E-state index contributed by atoms with van der Waals surface area (Å²) in [6.45, 7) is 4.21. The van der Waals surface area contributed by atoms with Crippen LogP contribution in [0.4, 0.5) is 0 Å². The van der Waals surface area contributed by atoms with Gasteiger partial charge in [0.15, 0.2) is 0 Å². The summed E-state index contributed by atoms with van der Waals surface area (Å²) in [5.74, 6) is -0.268. The van der Waals surface area contributed by atoms with Crippen molar-refractivity contribution < 1.29 is 24.5 Å². The highest BCUT2D eigenvalue weighted by atomic mass is 16.5. The molecule has 2 N–H and O–H groups in total. The normalized spacial score (nSPS) is 24.8. The number of Topliss-reactive ketones (excluding diaryl/α,β-unsaturated/α-hetero) is 1. The van der Waals surface area contributed by atoms with Gasteiger partial charge in [-0.2, -0.15) is 0 Å². The van der Waals surface area contributed by atoms with Gasteiger partial charge >= 0.3 is 5.97 Å². The van der Waals surface area contributed by atoms with Gasteiger partial charge in [0.1, 0.15) is 5.78 Å². The Morgan fingerprint density at radius 3 is 2.60 bits per heavy atom. The molecular formula is C20H34O5. The van der Waals surface area contributed by atoms with E-state index in [0.717, 1.165) is 38.5 Å². The van der Waals surface area contributed by atoms with Crippen molar-refractivity contribution in [1.82, 2.24) is 0 Å². The third kappa shape index (κ3) is 8.15. The van der Waals surface area contributed by atoms with Crippen molar-refractivity contribution in [2.24, 2.45) is 11.8 Å². The molecular weight excluding hydrogens is 320 g/mol. The first-order chi connectivity index (χ1) is 12.0. The van der Waals surface area contributed by atoms with Crippen LogP contribution in [0.15, 0.2) is 12.2 Å². The van der Waals surface area contributed by atoms with Gasteiger partial charge in [-0.15, -0.1) is 0 Å². The van der Waals surface area contributed by atoms with Crippen molar-refractivity contribution in [2.45, 2.75) is 83.8 Å². The van der Waals surface area contributed by atoms with Gasteiger partial charge in [0.25, 0.3) is 0 Å². The number of hydrogen-bond donors (Lipinski definition) is 2. The molecule has 0 amide bonds. The van der Waals surface area contributed by atoms with Crippen molar-refractivity contribution in [3.05, 3.63) is 12.2 Å². The number of ketones is 1. The third-order valence-corrected chi connectivity index (χ3v) is 4.91. The van der Waals surface area contributed by atoms with Crippen LogP contribution in [0.5, 0.6) is 0 Å². The van der Waals surface area contributed by atoms with E-state index in [1.807, 2.05) is 19.9 Å². The number of aliphatic hydroxyl groups is 2. The molecule has 0 radical (unpaired) electrons. The fourth-order valence-electron chi connectivity index (χ4n) is 3.48. The van der Waals surface area contributed by atoms with Gasteiger partial charge in [-0.25, -0.2) is 0 Å². The van der Waals surface area contributed by atoms with E-state index in [4.69, 9.17) is 4.74 Å². The molecule has 0 aromatic carbocycles.